The standard InChI is InChI=1S/C14H21ClN2O2S/c1-2-10-5-3-6-11(9-10)17-20(18,19)14-12(15)7-4-8-13(14)16/h4,7-8,10-11,17H,2-3,5-6,9,16H2,1H3. The Kier molecular flexibility index (Phi) is 4.94. The van der Waals surface area contributed by atoms with Crippen molar-refractivity contribution in [2.75, 3.05) is 5.73 Å². The van der Waals surface area contributed by atoms with Gasteiger partial charge in [-0.3, -0.25) is 0 Å². The van der Waals surface area contributed by atoms with Gasteiger partial charge in [-0.2, -0.15) is 0 Å². The zero-order valence-electron chi connectivity index (χ0n) is 11.6. The average molecular weight is 317 g/mol. The number of nitrogens with one attached hydrogen (secondary N) is 1. The monoisotopic (exact) mass is 316 g/mol. The van der Waals surface area contributed by atoms with Gasteiger partial charge in [0, 0.05) is 6.04 Å². The number of halogens is 1. The molecule has 4 nitrogen and oxygen atoms in total. The van der Waals surface area contributed by atoms with Crippen LogP contribution >= 0.6 is 11.6 Å². The molecule has 0 aliphatic heterocycles. The number of benzene rings is 1. The lowest BCUT2D eigenvalue weighted by atomic mass is 9.85. The van der Waals surface area contributed by atoms with Crippen molar-refractivity contribution in [2.45, 2.75) is 50.0 Å². The molecule has 1 aliphatic rings. The van der Waals surface area contributed by atoms with E-state index in [-0.39, 0.29) is 21.6 Å². The van der Waals surface area contributed by atoms with Crippen LogP contribution in [0.25, 0.3) is 0 Å². The van der Waals surface area contributed by atoms with Gasteiger partial charge in [-0.15, -0.1) is 0 Å². The minimum atomic E-state index is -3.66. The first-order valence-electron chi connectivity index (χ1n) is 7.00. The van der Waals surface area contributed by atoms with Gasteiger partial charge >= 0.3 is 0 Å². The molecule has 1 aliphatic carbocycles. The van der Waals surface area contributed by atoms with Crippen molar-refractivity contribution in [1.29, 1.82) is 0 Å². The van der Waals surface area contributed by atoms with Crippen molar-refractivity contribution >= 4 is 27.3 Å². The third-order valence-electron chi connectivity index (χ3n) is 3.95. The summed E-state index contributed by atoms with van der Waals surface area (Å²) in [6.07, 6.45) is 5.10. The normalized spacial score (nSPS) is 23.7. The summed E-state index contributed by atoms with van der Waals surface area (Å²) in [6.45, 7) is 2.15. The van der Waals surface area contributed by atoms with Gasteiger partial charge in [0.15, 0.2) is 0 Å². The number of hydrogen-bond donors (Lipinski definition) is 2. The SMILES string of the molecule is CCC1CCCC(NS(=O)(=O)c2c(N)cccc2Cl)C1. The third-order valence-corrected chi connectivity index (χ3v) is 6.01. The highest BCUT2D eigenvalue weighted by molar-refractivity contribution is 7.89. The minimum absolute atomic E-state index is 0.000267. The van der Waals surface area contributed by atoms with E-state index in [1.807, 2.05) is 0 Å². The first kappa shape index (κ1) is 15.6. The summed E-state index contributed by atoms with van der Waals surface area (Å²) in [7, 11) is -3.66. The second kappa shape index (κ2) is 6.33. The molecule has 1 aromatic carbocycles. The molecule has 3 N–H and O–H groups in total. The third kappa shape index (κ3) is 3.45. The van der Waals surface area contributed by atoms with E-state index in [9.17, 15) is 8.42 Å². The summed E-state index contributed by atoms with van der Waals surface area (Å²) in [5, 5.41) is 0.167. The van der Waals surface area contributed by atoms with Crippen LogP contribution in [0.2, 0.25) is 5.02 Å². The number of sulfonamides is 1. The Bertz CT molecular complexity index is 554. The Balaban J connectivity index is 2.19. The van der Waals surface area contributed by atoms with Crippen molar-refractivity contribution in [3.8, 4) is 0 Å². The van der Waals surface area contributed by atoms with E-state index in [1.165, 1.54) is 6.42 Å². The van der Waals surface area contributed by atoms with Crippen LogP contribution in [0.5, 0.6) is 0 Å². The molecule has 0 amide bonds. The Morgan fingerprint density at radius 3 is 2.80 bits per heavy atom. The van der Waals surface area contributed by atoms with Crippen molar-refractivity contribution in [1.82, 2.24) is 4.72 Å². The van der Waals surface area contributed by atoms with Gasteiger partial charge in [0.25, 0.3) is 0 Å². The molecule has 2 atom stereocenters. The molecule has 112 valence electrons. The van der Waals surface area contributed by atoms with Crippen LogP contribution in [0, 0.1) is 5.92 Å². The van der Waals surface area contributed by atoms with Gasteiger partial charge in [0.1, 0.15) is 4.90 Å². The number of nitrogens with two attached hydrogens (primary N) is 1. The van der Waals surface area contributed by atoms with E-state index in [0.717, 1.165) is 25.7 Å². The van der Waals surface area contributed by atoms with E-state index in [2.05, 4.69) is 11.6 Å². The maximum absolute atomic E-state index is 12.5. The van der Waals surface area contributed by atoms with Gasteiger partial charge in [-0.05, 0) is 30.9 Å². The van der Waals surface area contributed by atoms with Gasteiger partial charge in [-0.1, -0.05) is 43.9 Å². The fourth-order valence-corrected chi connectivity index (χ4v) is 4.82. The fourth-order valence-electron chi connectivity index (χ4n) is 2.86. The molecule has 6 heteroatoms. The smallest absolute Gasteiger partial charge is 0.244 e. The summed E-state index contributed by atoms with van der Waals surface area (Å²) in [6, 6.07) is 4.72. The molecule has 2 rings (SSSR count). The highest BCUT2D eigenvalue weighted by Gasteiger charge is 2.28. The molecule has 1 fully saturated rings. The fraction of sp³-hybridized carbons (Fsp3) is 0.571. The molecule has 0 heterocycles. The van der Waals surface area contributed by atoms with Crippen LogP contribution in [0.3, 0.4) is 0 Å². The highest BCUT2D eigenvalue weighted by Crippen LogP contribution is 2.30. The average Bonchev–Trinajstić information content (AvgIpc) is 2.37. The quantitative estimate of drug-likeness (QED) is 0.838. The van der Waals surface area contributed by atoms with Crippen LogP contribution in [0.15, 0.2) is 23.1 Å². The molecule has 1 saturated carbocycles. The summed E-state index contributed by atoms with van der Waals surface area (Å²) in [4.78, 5) is 0.000267. The maximum Gasteiger partial charge on any atom is 0.244 e. The zero-order chi connectivity index (χ0) is 14.8. The lowest BCUT2D eigenvalue weighted by Gasteiger charge is -2.29. The Morgan fingerprint density at radius 1 is 1.40 bits per heavy atom. The molecule has 1 aromatic rings. The molecule has 0 aromatic heterocycles. The van der Waals surface area contributed by atoms with E-state index < -0.39 is 10.0 Å². The lowest BCUT2D eigenvalue weighted by molar-refractivity contribution is 0.301. The first-order chi connectivity index (χ1) is 9.44. The Morgan fingerprint density at radius 2 is 2.15 bits per heavy atom. The molecule has 0 radical (unpaired) electrons. The molecule has 0 spiro atoms. The lowest BCUT2D eigenvalue weighted by Crippen LogP contribution is -2.38. The van der Waals surface area contributed by atoms with E-state index >= 15 is 0 Å². The molecule has 0 bridgehead atoms. The van der Waals surface area contributed by atoms with Crippen LogP contribution in [-0.4, -0.2) is 14.5 Å². The highest BCUT2D eigenvalue weighted by atomic mass is 35.5. The summed E-state index contributed by atoms with van der Waals surface area (Å²) in [5.41, 5.74) is 5.95. The number of anilines is 1. The van der Waals surface area contributed by atoms with E-state index in [1.54, 1.807) is 18.2 Å². The second-order valence-electron chi connectivity index (χ2n) is 5.42. The van der Waals surface area contributed by atoms with Gasteiger partial charge in [0.05, 0.1) is 10.7 Å². The number of nitrogen functional groups attached to an aromatic ring is 1. The van der Waals surface area contributed by atoms with Gasteiger partial charge < -0.3 is 5.73 Å². The predicted molar refractivity (Wildman–Crippen MR) is 82.2 cm³/mol. The van der Waals surface area contributed by atoms with E-state index in [4.69, 9.17) is 17.3 Å². The summed E-state index contributed by atoms with van der Waals surface area (Å²) in [5.74, 6) is 0.597. The number of hydrogen-bond acceptors (Lipinski definition) is 3. The first-order valence-corrected chi connectivity index (χ1v) is 8.86. The number of rotatable bonds is 4. The molecule has 2 unspecified atom stereocenters. The maximum atomic E-state index is 12.5. The van der Waals surface area contributed by atoms with Crippen LogP contribution in [0.4, 0.5) is 5.69 Å². The van der Waals surface area contributed by atoms with Gasteiger partial charge in [0.2, 0.25) is 10.0 Å². The van der Waals surface area contributed by atoms with Crippen molar-refractivity contribution in [2.24, 2.45) is 5.92 Å². The van der Waals surface area contributed by atoms with Crippen molar-refractivity contribution in [3.63, 3.8) is 0 Å². The largest absolute Gasteiger partial charge is 0.398 e. The van der Waals surface area contributed by atoms with Crippen LogP contribution < -0.4 is 10.5 Å². The van der Waals surface area contributed by atoms with Crippen LogP contribution in [0.1, 0.15) is 39.0 Å². The Hall–Kier alpha value is -0.780. The van der Waals surface area contributed by atoms with Crippen LogP contribution in [-0.2, 0) is 10.0 Å². The predicted octanol–water partition coefficient (Wildman–Crippen LogP) is 3.17. The molecular formula is C14H21ClN2O2S. The topological polar surface area (TPSA) is 72.2 Å². The van der Waals surface area contributed by atoms with E-state index in [0.29, 0.717) is 5.92 Å². The zero-order valence-corrected chi connectivity index (χ0v) is 13.2. The van der Waals surface area contributed by atoms with Crippen molar-refractivity contribution in [3.05, 3.63) is 23.2 Å². The molecular weight excluding hydrogens is 296 g/mol. The molecule has 20 heavy (non-hydrogen) atoms. The Labute approximate surface area is 125 Å². The van der Waals surface area contributed by atoms with Gasteiger partial charge in [-0.25, -0.2) is 13.1 Å². The summed E-state index contributed by atoms with van der Waals surface area (Å²) < 4.78 is 27.7. The minimum Gasteiger partial charge on any atom is -0.398 e. The second-order valence-corrected chi connectivity index (χ2v) is 7.48. The van der Waals surface area contributed by atoms with Crippen molar-refractivity contribution < 1.29 is 8.42 Å². The molecule has 0 saturated heterocycles. The summed E-state index contributed by atoms with van der Waals surface area (Å²) >= 11 is 5.99.